The molecule has 2 aromatic rings. The van der Waals surface area contributed by atoms with Crippen LogP contribution < -0.4 is 0 Å². The van der Waals surface area contributed by atoms with Crippen molar-refractivity contribution in [1.29, 1.82) is 0 Å². The molecule has 174 valence electrons. The van der Waals surface area contributed by atoms with Crippen LogP contribution >= 0.6 is 0 Å². The summed E-state index contributed by atoms with van der Waals surface area (Å²) in [5.74, 6) is -2.70. The predicted octanol–water partition coefficient (Wildman–Crippen LogP) is 2.78. The zero-order valence-corrected chi connectivity index (χ0v) is 19.4. The number of hydrogen-bond acceptors (Lipinski definition) is 7. The third kappa shape index (κ3) is 4.61. The highest BCUT2D eigenvalue weighted by molar-refractivity contribution is 6.46. The number of nitrogens with zero attached hydrogens (tertiary/aromatic N) is 2. The van der Waals surface area contributed by atoms with Crippen LogP contribution in [0.2, 0.25) is 0 Å². The minimum absolute atomic E-state index is 0.0832. The van der Waals surface area contributed by atoms with Crippen molar-refractivity contribution in [3.8, 4) is 5.75 Å². The van der Waals surface area contributed by atoms with Crippen molar-refractivity contribution in [2.75, 3.05) is 34.3 Å². The van der Waals surface area contributed by atoms with Crippen LogP contribution in [0.15, 0.2) is 42.0 Å². The highest BCUT2D eigenvalue weighted by Crippen LogP contribution is 2.41. The number of esters is 1. The van der Waals surface area contributed by atoms with E-state index in [0.29, 0.717) is 17.7 Å². The smallest absolute Gasteiger partial charge is 0.337 e. The molecule has 1 heterocycles. The number of ether oxygens (including phenoxy) is 1. The van der Waals surface area contributed by atoms with E-state index in [-0.39, 0.29) is 23.4 Å². The summed E-state index contributed by atoms with van der Waals surface area (Å²) in [4.78, 5) is 41.1. The first-order valence-electron chi connectivity index (χ1n) is 10.5. The van der Waals surface area contributed by atoms with Gasteiger partial charge in [0.2, 0.25) is 0 Å². The first-order valence-corrected chi connectivity index (χ1v) is 10.5. The molecule has 2 aromatic carbocycles. The quantitative estimate of drug-likeness (QED) is 0.300. The summed E-state index contributed by atoms with van der Waals surface area (Å²) in [6.07, 6.45) is 0. The number of methoxy groups -OCH3 is 1. The van der Waals surface area contributed by atoms with Gasteiger partial charge in [0.05, 0.1) is 29.9 Å². The molecule has 0 bridgehead atoms. The van der Waals surface area contributed by atoms with Crippen molar-refractivity contribution in [2.24, 2.45) is 0 Å². The molecule has 1 aliphatic rings. The lowest BCUT2D eigenvalue weighted by atomic mass is 9.93. The average molecular weight is 453 g/mol. The summed E-state index contributed by atoms with van der Waals surface area (Å²) in [5.41, 5.74) is 2.48. The standard InChI is InChI=1S/C25H28N2O6/c1-14-12-18(19(28)13-15(14)2)22(29)20-21(16-6-8-17(9-7-16)25(32)33-5)27(11-10-26(3)4)24(31)23(20)30/h6-9,12-13,21,28-29H,10-11H2,1-5H3. The second-order valence-electron chi connectivity index (χ2n) is 8.36. The maximum atomic E-state index is 13.1. The molecule has 1 unspecified atom stereocenters. The highest BCUT2D eigenvalue weighted by atomic mass is 16.5. The number of likely N-dealkylation sites (tertiary alicyclic amines) is 1. The Kier molecular flexibility index (Phi) is 6.88. The number of Topliss-reactive ketones (excluding diaryl/α,β-unsaturated/α-hetero) is 1. The molecule has 1 aliphatic heterocycles. The summed E-state index contributed by atoms with van der Waals surface area (Å²) in [7, 11) is 4.98. The van der Waals surface area contributed by atoms with Gasteiger partial charge in [-0.05, 0) is 68.9 Å². The minimum atomic E-state index is -0.877. The van der Waals surface area contributed by atoms with Gasteiger partial charge < -0.3 is 24.7 Å². The molecular formula is C25H28N2O6. The van der Waals surface area contributed by atoms with Gasteiger partial charge in [-0.25, -0.2) is 4.79 Å². The fourth-order valence-electron chi connectivity index (χ4n) is 3.82. The molecule has 1 fully saturated rings. The minimum Gasteiger partial charge on any atom is -0.507 e. The fourth-order valence-corrected chi connectivity index (χ4v) is 3.82. The number of phenolic OH excluding ortho intramolecular Hbond substituents is 1. The number of carbonyl (C=O) groups excluding carboxylic acids is 3. The van der Waals surface area contributed by atoms with Crippen LogP contribution in [0, 0.1) is 13.8 Å². The van der Waals surface area contributed by atoms with Gasteiger partial charge >= 0.3 is 5.97 Å². The van der Waals surface area contributed by atoms with E-state index < -0.39 is 29.5 Å². The van der Waals surface area contributed by atoms with Crippen LogP contribution in [0.25, 0.3) is 5.76 Å². The maximum Gasteiger partial charge on any atom is 0.337 e. The SMILES string of the molecule is COC(=O)c1ccc(C2C(=C(O)c3cc(C)c(C)cc3O)C(=O)C(=O)N2CCN(C)C)cc1. The first kappa shape index (κ1) is 24.0. The molecular weight excluding hydrogens is 424 g/mol. The number of benzene rings is 2. The van der Waals surface area contributed by atoms with E-state index in [0.717, 1.165) is 11.1 Å². The molecule has 8 nitrogen and oxygen atoms in total. The van der Waals surface area contributed by atoms with Crippen molar-refractivity contribution in [3.05, 3.63) is 69.8 Å². The molecule has 0 radical (unpaired) electrons. The van der Waals surface area contributed by atoms with Gasteiger partial charge in [0.15, 0.2) is 0 Å². The summed E-state index contributed by atoms with van der Waals surface area (Å²) in [6, 6.07) is 8.55. The van der Waals surface area contributed by atoms with Crippen molar-refractivity contribution in [1.82, 2.24) is 9.80 Å². The van der Waals surface area contributed by atoms with Gasteiger partial charge in [-0.3, -0.25) is 9.59 Å². The highest BCUT2D eigenvalue weighted by Gasteiger charge is 2.46. The Morgan fingerprint density at radius 3 is 2.27 bits per heavy atom. The van der Waals surface area contributed by atoms with Gasteiger partial charge in [0.25, 0.3) is 11.7 Å². The Morgan fingerprint density at radius 2 is 1.70 bits per heavy atom. The number of hydrogen-bond donors (Lipinski definition) is 2. The van der Waals surface area contributed by atoms with Gasteiger partial charge in [0.1, 0.15) is 11.5 Å². The van der Waals surface area contributed by atoms with E-state index in [2.05, 4.69) is 0 Å². The lowest BCUT2D eigenvalue weighted by Crippen LogP contribution is -2.35. The van der Waals surface area contributed by atoms with E-state index in [9.17, 15) is 24.6 Å². The molecule has 2 N–H and O–H groups in total. The summed E-state index contributed by atoms with van der Waals surface area (Å²) in [5, 5.41) is 21.6. The Bertz CT molecular complexity index is 1130. The number of phenols is 1. The predicted molar refractivity (Wildman–Crippen MR) is 123 cm³/mol. The molecule has 0 spiro atoms. The normalized spacial score (nSPS) is 17.6. The second kappa shape index (κ2) is 9.46. The lowest BCUT2D eigenvalue weighted by molar-refractivity contribution is -0.140. The Morgan fingerprint density at radius 1 is 1.09 bits per heavy atom. The molecule has 0 aromatic heterocycles. The Balaban J connectivity index is 2.18. The Hall–Kier alpha value is -3.65. The topological polar surface area (TPSA) is 107 Å². The number of ketones is 1. The van der Waals surface area contributed by atoms with Gasteiger partial charge in [-0.15, -0.1) is 0 Å². The molecule has 8 heteroatoms. The van der Waals surface area contributed by atoms with Crippen molar-refractivity contribution >= 4 is 23.4 Å². The average Bonchev–Trinajstić information content (AvgIpc) is 3.03. The largest absolute Gasteiger partial charge is 0.507 e. The monoisotopic (exact) mass is 452 g/mol. The van der Waals surface area contributed by atoms with Crippen LogP contribution in [0.5, 0.6) is 5.75 Å². The molecule has 1 saturated heterocycles. The van der Waals surface area contributed by atoms with Crippen molar-refractivity contribution in [2.45, 2.75) is 19.9 Å². The van der Waals surface area contributed by atoms with E-state index in [1.165, 1.54) is 18.1 Å². The maximum absolute atomic E-state index is 13.1. The van der Waals surface area contributed by atoms with Crippen molar-refractivity contribution < 1.29 is 29.3 Å². The number of carbonyl (C=O) groups is 3. The van der Waals surface area contributed by atoms with Crippen LogP contribution in [-0.4, -0.2) is 72.0 Å². The summed E-state index contributed by atoms with van der Waals surface area (Å²) in [6.45, 7) is 4.39. The third-order valence-electron chi connectivity index (χ3n) is 5.84. The zero-order chi connectivity index (χ0) is 24.4. The molecule has 1 atom stereocenters. The van der Waals surface area contributed by atoms with Gasteiger partial charge in [0, 0.05) is 13.1 Å². The lowest BCUT2D eigenvalue weighted by Gasteiger charge is -2.26. The van der Waals surface area contributed by atoms with E-state index in [1.54, 1.807) is 30.3 Å². The number of rotatable bonds is 6. The first-order chi connectivity index (χ1) is 15.6. The number of aromatic hydroxyl groups is 1. The van der Waals surface area contributed by atoms with Gasteiger partial charge in [-0.2, -0.15) is 0 Å². The summed E-state index contributed by atoms with van der Waals surface area (Å²) < 4.78 is 4.73. The van der Waals surface area contributed by atoms with E-state index >= 15 is 0 Å². The molecule has 3 rings (SSSR count). The number of amides is 1. The van der Waals surface area contributed by atoms with Crippen molar-refractivity contribution in [3.63, 3.8) is 0 Å². The molecule has 0 aliphatic carbocycles. The number of aliphatic hydroxyl groups excluding tert-OH is 1. The van der Waals surface area contributed by atoms with E-state index in [4.69, 9.17) is 4.74 Å². The van der Waals surface area contributed by atoms with Crippen LogP contribution in [-0.2, 0) is 14.3 Å². The molecule has 33 heavy (non-hydrogen) atoms. The second-order valence-corrected chi connectivity index (χ2v) is 8.36. The third-order valence-corrected chi connectivity index (χ3v) is 5.84. The van der Waals surface area contributed by atoms with Crippen LogP contribution in [0.1, 0.15) is 38.7 Å². The zero-order valence-electron chi connectivity index (χ0n) is 19.4. The number of aryl methyl sites for hydroxylation is 2. The summed E-state index contributed by atoms with van der Waals surface area (Å²) >= 11 is 0. The Labute approximate surface area is 192 Å². The number of likely N-dealkylation sites (N-methyl/N-ethyl adjacent to an activating group) is 1. The number of aliphatic hydroxyl groups is 1. The van der Waals surface area contributed by atoms with Gasteiger partial charge in [-0.1, -0.05) is 12.1 Å². The fraction of sp³-hybridized carbons (Fsp3) is 0.320. The molecule has 0 saturated carbocycles. The molecule has 1 amide bonds. The van der Waals surface area contributed by atoms with Crippen LogP contribution in [0.3, 0.4) is 0 Å². The van der Waals surface area contributed by atoms with Crippen LogP contribution in [0.4, 0.5) is 0 Å². The van der Waals surface area contributed by atoms with E-state index in [1.807, 2.05) is 32.8 Å².